The Bertz CT molecular complexity index is 789. The molecule has 3 aromatic rings. The Hall–Kier alpha value is -2.42. The van der Waals surface area contributed by atoms with Crippen molar-refractivity contribution in [1.29, 1.82) is 0 Å². The Labute approximate surface area is 143 Å². The van der Waals surface area contributed by atoms with Gasteiger partial charge in [-0.15, -0.1) is 0 Å². The molecule has 1 heterocycles. The fourth-order valence-electron chi connectivity index (χ4n) is 3.95. The highest BCUT2D eigenvalue weighted by atomic mass is 16.3. The van der Waals surface area contributed by atoms with Crippen LogP contribution in [0.15, 0.2) is 84.9 Å². The highest BCUT2D eigenvalue weighted by Crippen LogP contribution is 2.48. The minimum atomic E-state index is -1.09. The Kier molecular flexibility index (Phi) is 3.72. The molecular formula is C22H21NO. The molecule has 2 nitrogen and oxygen atoms in total. The number of hydrogen-bond donors (Lipinski definition) is 1. The minimum Gasteiger partial charge on any atom is -0.378 e. The summed E-state index contributed by atoms with van der Waals surface area (Å²) in [5.74, 6) is 0. The monoisotopic (exact) mass is 315 g/mol. The van der Waals surface area contributed by atoms with Crippen LogP contribution in [-0.4, -0.2) is 17.1 Å². The van der Waals surface area contributed by atoms with Gasteiger partial charge in [0.05, 0.1) is 6.04 Å². The van der Waals surface area contributed by atoms with Crippen LogP contribution in [0.2, 0.25) is 0 Å². The highest BCUT2D eigenvalue weighted by molar-refractivity contribution is 5.45. The first-order valence-electron chi connectivity index (χ1n) is 8.32. The average molecular weight is 315 g/mol. The zero-order chi connectivity index (χ0) is 16.6. The van der Waals surface area contributed by atoms with Crippen LogP contribution in [0.3, 0.4) is 0 Å². The van der Waals surface area contributed by atoms with Crippen molar-refractivity contribution in [3.05, 3.63) is 107 Å². The Morgan fingerprint density at radius 2 is 1.29 bits per heavy atom. The number of rotatable bonds is 3. The van der Waals surface area contributed by atoms with Gasteiger partial charge in [0.1, 0.15) is 5.60 Å². The van der Waals surface area contributed by atoms with E-state index in [9.17, 15) is 5.11 Å². The molecule has 3 aromatic carbocycles. The highest BCUT2D eigenvalue weighted by Gasteiger charge is 2.46. The third-order valence-corrected chi connectivity index (χ3v) is 5.03. The summed E-state index contributed by atoms with van der Waals surface area (Å²) in [6, 6.07) is 28.3. The standard InChI is InChI=1S/C22H21NO/c1-23-16-17-10-8-9-15-20(17)21(23)22(24,18-11-4-2-5-12-18)19-13-6-3-7-14-19/h2-15,21,24H,16H2,1H3/t21-/m1/s1. The maximum Gasteiger partial charge on any atom is 0.134 e. The van der Waals surface area contributed by atoms with E-state index < -0.39 is 5.60 Å². The Morgan fingerprint density at radius 1 is 0.792 bits per heavy atom. The quantitative estimate of drug-likeness (QED) is 0.786. The van der Waals surface area contributed by atoms with Crippen molar-refractivity contribution in [3.63, 3.8) is 0 Å². The van der Waals surface area contributed by atoms with E-state index in [4.69, 9.17) is 0 Å². The Balaban J connectivity index is 1.95. The fraction of sp³-hybridized carbons (Fsp3) is 0.182. The van der Waals surface area contributed by atoms with Gasteiger partial charge in [0.25, 0.3) is 0 Å². The predicted octanol–water partition coefficient (Wildman–Crippen LogP) is 4.11. The van der Waals surface area contributed by atoms with E-state index in [0.717, 1.165) is 17.7 Å². The lowest BCUT2D eigenvalue weighted by Crippen LogP contribution is -2.40. The van der Waals surface area contributed by atoms with Gasteiger partial charge in [-0.25, -0.2) is 0 Å². The minimum absolute atomic E-state index is 0.113. The van der Waals surface area contributed by atoms with E-state index in [1.54, 1.807) is 0 Å². The van der Waals surface area contributed by atoms with E-state index in [2.05, 4.69) is 36.2 Å². The number of likely N-dealkylation sites (N-methyl/N-ethyl adjacent to an activating group) is 1. The first-order chi connectivity index (χ1) is 11.7. The molecule has 0 spiro atoms. The van der Waals surface area contributed by atoms with Gasteiger partial charge in [-0.2, -0.15) is 0 Å². The van der Waals surface area contributed by atoms with Crippen molar-refractivity contribution in [3.8, 4) is 0 Å². The van der Waals surface area contributed by atoms with Gasteiger partial charge >= 0.3 is 0 Å². The van der Waals surface area contributed by atoms with Crippen LogP contribution in [0.25, 0.3) is 0 Å². The molecule has 0 radical (unpaired) electrons. The molecule has 1 aliphatic rings. The van der Waals surface area contributed by atoms with Crippen molar-refractivity contribution in [1.82, 2.24) is 4.90 Å². The van der Waals surface area contributed by atoms with Gasteiger partial charge in [-0.3, -0.25) is 4.90 Å². The van der Waals surface area contributed by atoms with E-state index in [-0.39, 0.29) is 6.04 Å². The van der Waals surface area contributed by atoms with Crippen LogP contribution in [-0.2, 0) is 12.1 Å². The second kappa shape index (κ2) is 5.90. The molecule has 1 aliphatic heterocycles. The van der Waals surface area contributed by atoms with Gasteiger partial charge < -0.3 is 5.11 Å². The molecular weight excluding hydrogens is 294 g/mol. The average Bonchev–Trinajstić information content (AvgIpc) is 2.99. The fourth-order valence-corrected chi connectivity index (χ4v) is 3.95. The molecule has 0 saturated heterocycles. The molecule has 1 N–H and O–H groups in total. The van der Waals surface area contributed by atoms with Crippen LogP contribution < -0.4 is 0 Å². The van der Waals surface area contributed by atoms with E-state index in [0.29, 0.717) is 0 Å². The number of aliphatic hydroxyl groups is 1. The van der Waals surface area contributed by atoms with E-state index >= 15 is 0 Å². The van der Waals surface area contributed by atoms with Crippen LogP contribution >= 0.6 is 0 Å². The topological polar surface area (TPSA) is 23.5 Å². The van der Waals surface area contributed by atoms with Crippen molar-refractivity contribution in [2.24, 2.45) is 0 Å². The zero-order valence-corrected chi connectivity index (χ0v) is 13.8. The second-order valence-electron chi connectivity index (χ2n) is 6.51. The van der Waals surface area contributed by atoms with Crippen molar-refractivity contribution >= 4 is 0 Å². The maximum absolute atomic E-state index is 12.0. The van der Waals surface area contributed by atoms with Crippen LogP contribution in [0.1, 0.15) is 28.3 Å². The molecule has 120 valence electrons. The summed E-state index contributed by atoms with van der Waals surface area (Å²) in [4.78, 5) is 2.24. The third-order valence-electron chi connectivity index (χ3n) is 5.03. The SMILES string of the molecule is CN1Cc2ccccc2[C@@H]1C(O)(c1ccccc1)c1ccccc1. The summed E-state index contributed by atoms with van der Waals surface area (Å²) < 4.78 is 0. The van der Waals surface area contributed by atoms with Crippen molar-refractivity contribution < 1.29 is 5.11 Å². The summed E-state index contributed by atoms with van der Waals surface area (Å²) in [5, 5.41) is 12.0. The lowest BCUT2D eigenvalue weighted by Gasteiger charge is -2.39. The van der Waals surface area contributed by atoms with E-state index in [1.807, 2.05) is 60.7 Å². The number of fused-ring (bicyclic) bond motifs is 1. The summed E-state index contributed by atoms with van der Waals surface area (Å²) in [7, 11) is 2.08. The first kappa shape index (κ1) is 15.1. The van der Waals surface area contributed by atoms with Crippen LogP contribution in [0.4, 0.5) is 0 Å². The largest absolute Gasteiger partial charge is 0.378 e. The first-order valence-corrected chi connectivity index (χ1v) is 8.32. The molecule has 1 atom stereocenters. The lowest BCUT2D eigenvalue weighted by atomic mass is 9.77. The molecule has 0 unspecified atom stereocenters. The molecule has 0 aliphatic carbocycles. The predicted molar refractivity (Wildman–Crippen MR) is 96.5 cm³/mol. The van der Waals surface area contributed by atoms with Gasteiger partial charge in [0, 0.05) is 6.54 Å². The molecule has 2 heteroatoms. The smallest absolute Gasteiger partial charge is 0.134 e. The normalized spacial score (nSPS) is 17.7. The van der Waals surface area contributed by atoms with Crippen molar-refractivity contribution in [2.75, 3.05) is 7.05 Å². The van der Waals surface area contributed by atoms with Gasteiger partial charge in [0.15, 0.2) is 0 Å². The summed E-state index contributed by atoms with van der Waals surface area (Å²) in [6.45, 7) is 0.850. The van der Waals surface area contributed by atoms with E-state index in [1.165, 1.54) is 11.1 Å². The second-order valence-corrected chi connectivity index (χ2v) is 6.51. The lowest BCUT2D eigenvalue weighted by molar-refractivity contribution is -0.00705. The third kappa shape index (κ3) is 2.27. The molecule has 0 fully saturated rings. The molecule has 0 amide bonds. The van der Waals surface area contributed by atoms with Gasteiger partial charge in [-0.1, -0.05) is 84.9 Å². The molecule has 0 aromatic heterocycles. The summed E-state index contributed by atoms with van der Waals surface area (Å²) in [6.07, 6.45) is 0. The molecule has 24 heavy (non-hydrogen) atoms. The van der Waals surface area contributed by atoms with Crippen LogP contribution in [0, 0.1) is 0 Å². The maximum atomic E-state index is 12.0. The van der Waals surface area contributed by atoms with Gasteiger partial charge in [-0.05, 0) is 29.3 Å². The molecule has 0 saturated carbocycles. The molecule has 4 rings (SSSR count). The number of hydrogen-bond acceptors (Lipinski definition) is 2. The number of benzene rings is 3. The number of nitrogens with zero attached hydrogens (tertiary/aromatic N) is 1. The summed E-state index contributed by atoms with van der Waals surface area (Å²) in [5.41, 5.74) is 3.24. The Morgan fingerprint density at radius 3 is 1.88 bits per heavy atom. The molecule has 0 bridgehead atoms. The zero-order valence-electron chi connectivity index (χ0n) is 13.8. The van der Waals surface area contributed by atoms with Gasteiger partial charge in [0.2, 0.25) is 0 Å². The van der Waals surface area contributed by atoms with Crippen LogP contribution in [0.5, 0.6) is 0 Å². The summed E-state index contributed by atoms with van der Waals surface area (Å²) >= 11 is 0. The van der Waals surface area contributed by atoms with Crippen molar-refractivity contribution in [2.45, 2.75) is 18.2 Å².